The Kier molecular flexibility index (Phi) is 5.37. The van der Waals surface area contributed by atoms with Crippen molar-refractivity contribution in [2.24, 2.45) is 5.92 Å². The molecule has 2 N–H and O–H groups in total. The van der Waals surface area contributed by atoms with Crippen molar-refractivity contribution in [2.45, 2.75) is 45.1 Å². The molecule has 0 aromatic heterocycles. The molecule has 0 aliphatic carbocycles. The fourth-order valence-corrected chi connectivity index (χ4v) is 4.20. The summed E-state index contributed by atoms with van der Waals surface area (Å²) in [4.78, 5) is 2.62. The zero-order valence-corrected chi connectivity index (χ0v) is 14.2. The Morgan fingerprint density at radius 3 is 2.82 bits per heavy atom. The summed E-state index contributed by atoms with van der Waals surface area (Å²) in [7, 11) is 2.03. The molecule has 0 radical (unpaired) electrons. The molecule has 0 bridgehead atoms. The second kappa shape index (κ2) is 7.47. The van der Waals surface area contributed by atoms with Crippen molar-refractivity contribution in [3.05, 3.63) is 29.3 Å². The number of hydrogen-bond donors (Lipinski definition) is 2. The van der Waals surface area contributed by atoms with Gasteiger partial charge in [-0.3, -0.25) is 0 Å². The van der Waals surface area contributed by atoms with Crippen molar-refractivity contribution in [1.29, 1.82) is 0 Å². The quantitative estimate of drug-likeness (QED) is 0.845. The number of fused-ring (bicyclic) bond motifs is 1. The van der Waals surface area contributed by atoms with E-state index in [2.05, 4.69) is 40.7 Å². The topological polar surface area (TPSA) is 27.3 Å². The first-order valence-corrected chi connectivity index (χ1v) is 9.05. The van der Waals surface area contributed by atoms with E-state index in [0.29, 0.717) is 0 Å². The Balaban J connectivity index is 1.78. The van der Waals surface area contributed by atoms with E-state index in [-0.39, 0.29) is 0 Å². The summed E-state index contributed by atoms with van der Waals surface area (Å²) in [5.41, 5.74) is 4.54. The van der Waals surface area contributed by atoms with Crippen LogP contribution >= 0.6 is 0 Å². The minimum Gasteiger partial charge on any atom is -0.371 e. The molecule has 3 rings (SSSR count). The highest BCUT2D eigenvalue weighted by Gasteiger charge is 2.30. The highest BCUT2D eigenvalue weighted by atomic mass is 15.2. The van der Waals surface area contributed by atoms with Crippen LogP contribution in [0.3, 0.4) is 0 Å². The molecule has 3 heteroatoms. The molecule has 2 heterocycles. The monoisotopic (exact) mass is 301 g/mol. The predicted molar refractivity (Wildman–Crippen MR) is 94.7 cm³/mol. The summed E-state index contributed by atoms with van der Waals surface area (Å²) in [6.45, 7) is 8.11. The van der Waals surface area contributed by atoms with Gasteiger partial charge >= 0.3 is 0 Å². The molecule has 2 aliphatic rings. The number of nitrogens with one attached hydrogen (secondary N) is 2. The lowest BCUT2D eigenvalue weighted by atomic mass is 9.85. The maximum atomic E-state index is 3.50. The van der Waals surface area contributed by atoms with Crippen LogP contribution in [0.2, 0.25) is 0 Å². The fraction of sp³-hybridized carbons (Fsp3) is 0.684. The molecule has 0 saturated carbocycles. The number of piperidine rings is 1. The maximum absolute atomic E-state index is 3.50. The molecular formula is C19H31N3. The molecular weight excluding hydrogens is 270 g/mol. The number of anilines is 1. The van der Waals surface area contributed by atoms with Gasteiger partial charge < -0.3 is 15.5 Å². The molecule has 1 aromatic carbocycles. The van der Waals surface area contributed by atoms with E-state index in [9.17, 15) is 0 Å². The maximum Gasteiger partial charge on any atom is 0.0402 e. The summed E-state index contributed by atoms with van der Waals surface area (Å²) in [6, 6.07) is 7.12. The van der Waals surface area contributed by atoms with Gasteiger partial charge in [-0.15, -0.1) is 0 Å². The van der Waals surface area contributed by atoms with Crippen molar-refractivity contribution < 1.29 is 0 Å². The third-order valence-electron chi connectivity index (χ3n) is 5.26. The van der Waals surface area contributed by atoms with Gasteiger partial charge in [0.1, 0.15) is 0 Å². The van der Waals surface area contributed by atoms with E-state index in [1.165, 1.54) is 63.1 Å². The summed E-state index contributed by atoms with van der Waals surface area (Å²) < 4.78 is 0. The first kappa shape index (κ1) is 15.8. The molecule has 1 saturated heterocycles. The first-order valence-electron chi connectivity index (χ1n) is 9.05. The second-order valence-electron chi connectivity index (χ2n) is 7.00. The van der Waals surface area contributed by atoms with Crippen molar-refractivity contribution >= 4 is 5.69 Å². The second-order valence-corrected chi connectivity index (χ2v) is 7.00. The first-order chi connectivity index (χ1) is 10.8. The molecule has 1 fully saturated rings. The van der Waals surface area contributed by atoms with Gasteiger partial charge in [0.2, 0.25) is 0 Å². The average molecular weight is 301 g/mol. The van der Waals surface area contributed by atoms with Crippen LogP contribution in [0.4, 0.5) is 5.69 Å². The molecule has 3 nitrogen and oxygen atoms in total. The summed E-state index contributed by atoms with van der Waals surface area (Å²) in [5, 5.41) is 6.78. The van der Waals surface area contributed by atoms with E-state index in [0.717, 1.165) is 18.4 Å². The Bertz CT molecular complexity index is 480. The van der Waals surface area contributed by atoms with Crippen LogP contribution in [0, 0.1) is 5.92 Å². The summed E-state index contributed by atoms with van der Waals surface area (Å²) >= 11 is 0. The number of benzene rings is 1. The van der Waals surface area contributed by atoms with Crippen molar-refractivity contribution in [3.63, 3.8) is 0 Å². The van der Waals surface area contributed by atoms with Crippen LogP contribution in [-0.4, -0.2) is 33.2 Å². The minimum atomic E-state index is 0.737. The van der Waals surface area contributed by atoms with E-state index >= 15 is 0 Å². The van der Waals surface area contributed by atoms with Gasteiger partial charge in [0.05, 0.1) is 0 Å². The van der Waals surface area contributed by atoms with Crippen LogP contribution in [0.15, 0.2) is 18.2 Å². The Hall–Kier alpha value is -1.06. The van der Waals surface area contributed by atoms with Gasteiger partial charge in [-0.05, 0) is 68.9 Å². The van der Waals surface area contributed by atoms with Crippen molar-refractivity contribution in [1.82, 2.24) is 10.6 Å². The van der Waals surface area contributed by atoms with Gasteiger partial charge in [-0.1, -0.05) is 19.1 Å². The molecule has 22 heavy (non-hydrogen) atoms. The third-order valence-corrected chi connectivity index (χ3v) is 5.26. The number of nitrogens with zero attached hydrogens (tertiary/aromatic N) is 1. The van der Waals surface area contributed by atoms with Crippen LogP contribution < -0.4 is 15.5 Å². The SMILES string of the molecule is CCCN1CC(CC2CCNCC2)c2cc(CNC)ccc21. The van der Waals surface area contributed by atoms with Crippen molar-refractivity contribution in [2.75, 3.05) is 38.1 Å². The van der Waals surface area contributed by atoms with Gasteiger partial charge in [0.15, 0.2) is 0 Å². The number of hydrogen-bond acceptors (Lipinski definition) is 3. The Morgan fingerprint density at radius 2 is 2.09 bits per heavy atom. The standard InChI is InChI=1S/C19H31N3/c1-3-10-22-14-17(11-15-6-8-21-9-7-15)18-12-16(13-20-2)4-5-19(18)22/h4-5,12,15,17,20-21H,3,6-11,13-14H2,1-2H3. The van der Waals surface area contributed by atoms with Crippen LogP contribution in [0.25, 0.3) is 0 Å². The molecule has 2 aliphatic heterocycles. The van der Waals surface area contributed by atoms with Gasteiger partial charge in [-0.2, -0.15) is 0 Å². The molecule has 1 atom stereocenters. The molecule has 0 amide bonds. The Morgan fingerprint density at radius 1 is 1.27 bits per heavy atom. The summed E-state index contributed by atoms with van der Waals surface area (Å²) in [5.74, 6) is 1.65. The zero-order chi connectivity index (χ0) is 15.4. The molecule has 0 spiro atoms. The van der Waals surface area contributed by atoms with E-state index < -0.39 is 0 Å². The average Bonchev–Trinajstić information content (AvgIpc) is 2.87. The lowest BCUT2D eigenvalue weighted by molar-refractivity contribution is 0.334. The highest BCUT2D eigenvalue weighted by Crippen LogP contribution is 2.41. The largest absolute Gasteiger partial charge is 0.371 e. The Labute approximate surface area is 135 Å². The molecule has 122 valence electrons. The molecule has 1 aromatic rings. The molecule has 1 unspecified atom stereocenters. The van der Waals surface area contributed by atoms with E-state index in [1.807, 2.05) is 7.05 Å². The van der Waals surface area contributed by atoms with Gasteiger partial charge in [-0.25, -0.2) is 0 Å². The fourth-order valence-electron chi connectivity index (χ4n) is 4.20. The van der Waals surface area contributed by atoms with Gasteiger partial charge in [0.25, 0.3) is 0 Å². The lowest BCUT2D eigenvalue weighted by Gasteiger charge is -2.26. The van der Waals surface area contributed by atoms with Crippen LogP contribution in [0.5, 0.6) is 0 Å². The normalized spacial score (nSPS) is 22.1. The summed E-state index contributed by atoms with van der Waals surface area (Å²) in [6.07, 6.45) is 5.32. The van der Waals surface area contributed by atoms with Crippen molar-refractivity contribution in [3.8, 4) is 0 Å². The lowest BCUT2D eigenvalue weighted by Crippen LogP contribution is -2.29. The third kappa shape index (κ3) is 3.47. The smallest absolute Gasteiger partial charge is 0.0402 e. The van der Waals surface area contributed by atoms with E-state index in [1.54, 1.807) is 5.56 Å². The van der Waals surface area contributed by atoms with E-state index in [4.69, 9.17) is 0 Å². The highest BCUT2D eigenvalue weighted by molar-refractivity contribution is 5.61. The number of rotatable bonds is 6. The van der Waals surface area contributed by atoms with Crippen LogP contribution in [-0.2, 0) is 6.54 Å². The minimum absolute atomic E-state index is 0.737. The van der Waals surface area contributed by atoms with Gasteiger partial charge in [0, 0.05) is 31.2 Å². The predicted octanol–water partition coefficient (Wildman–Crippen LogP) is 3.11. The zero-order valence-electron chi connectivity index (χ0n) is 14.2. The van der Waals surface area contributed by atoms with Crippen LogP contribution in [0.1, 0.15) is 49.7 Å².